The topological polar surface area (TPSA) is 107 Å². The summed E-state index contributed by atoms with van der Waals surface area (Å²) in [7, 11) is 0. The summed E-state index contributed by atoms with van der Waals surface area (Å²) >= 11 is 0. The van der Waals surface area contributed by atoms with E-state index in [4.69, 9.17) is 10.5 Å². The molecule has 7 heteroatoms. The van der Waals surface area contributed by atoms with Crippen molar-refractivity contribution in [1.29, 1.82) is 0 Å². The number of nitro benzene ring substituents is 1. The number of carbonyl (C=O) groups excluding carboxylic acids is 1. The molecule has 7 nitrogen and oxygen atoms in total. The zero-order valence-corrected chi connectivity index (χ0v) is 10.9. The minimum Gasteiger partial charge on any atom is -0.398 e. The molecule has 19 heavy (non-hydrogen) atoms. The Kier molecular flexibility index (Phi) is 5.25. The summed E-state index contributed by atoms with van der Waals surface area (Å²) < 4.78 is 5.17. The first-order valence-corrected chi connectivity index (χ1v) is 5.88. The van der Waals surface area contributed by atoms with Crippen molar-refractivity contribution >= 4 is 17.3 Å². The average Bonchev–Trinajstić information content (AvgIpc) is 2.36. The summed E-state index contributed by atoms with van der Waals surface area (Å²) in [5, 5.41) is 13.3. The molecular weight excluding hydrogens is 250 g/mol. The van der Waals surface area contributed by atoms with Crippen molar-refractivity contribution in [3.8, 4) is 0 Å². The summed E-state index contributed by atoms with van der Waals surface area (Å²) in [5.74, 6) is -0.451. The van der Waals surface area contributed by atoms with E-state index < -0.39 is 10.8 Å². The van der Waals surface area contributed by atoms with Gasteiger partial charge in [0.15, 0.2) is 0 Å². The van der Waals surface area contributed by atoms with Crippen molar-refractivity contribution in [2.24, 2.45) is 0 Å². The first-order chi connectivity index (χ1) is 8.95. The molecule has 0 aliphatic carbocycles. The monoisotopic (exact) mass is 267 g/mol. The number of hydrogen-bond donors (Lipinski definition) is 2. The van der Waals surface area contributed by atoms with Crippen molar-refractivity contribution < 1.29 is 14.5 Å². The molecule has 1 amide bonds. The van der Waals surface area contributed by atoms with Crippen molar-refractivity contribution in [3.05, 3.63) is 33.9 Å². The number of rotatable bonds is 6. The van der Waals surface area contributed by atoms with Gasteiger partial charge in [0, 0.05) is 30.5 Å². The fourth-order valence-electron chi connectivity index (χ4n) is 1.49. The van der Waals surface area contributed by atoms with Gasteiger partial charge in [-0.25, -0.2) is 0 Å². The van der Waals surface area contributed by atoms with Gasteiger partial charge in [0.2, 0.25) is 0 Å². The van der Waals surface area contributed by atoms with E-state index >= 15 is 0 Å². The number of benzene rings is 1. The van der Waals surface area contributed by atoms with E-state index in [0.29, 0.717) is 13.2 Å². The highest BCUT2D eigenvalue weighted by atomic mass is 16.6. The van der Waals surface area contributed by atoms with Gasteiger partial charge >= 0.3 is 0 Å². The quantitative estimate of drug-likeness (QED) is 0.459. The SMILES string of the molecule is CCOCC(C)NC(=O)c1cc([N+](=O)[O-])ccc1N. The van der Waals surface area contributed by atoms with Crippen LogP contribution in [0.3, 0.4) is 0 Å². The largest absolute Gasteiger partial charge is 0.398 e. The van der Waals surface area contributed by atoms with Gasteiger partial charge in [0.25, 0.3) is 11.6 Å². The molecular formula is C12H17N3O4. The van der Waals surface area contributed by atoms with Crippen molar-refractivity contribution in [3.63, 3.8) is 0 Å². The summed E-state index contributed by atoms with van der Waals surface area (Å²) in [4.78, 5) is 22.0. The van der Waals surface area contributed by atoms with Crippen LogP contribution in [0, 0.1) is 10.1 Å². The van der Waals surface area contributed by atoms with Crippen LogP contribution < -0.4 is 11.1 Å². The molecule has 0 radical (unpaired) electrons. The predicted molar refractivity (Wildman–Crippen MR) is 70.9 cm³/mol. The molecule has 0 bridgehead atoms. The van der Waals surface area contributed by atoms with E-state index in [1.54, 1.807) is 6.92 Å². The lowest BCUT2D eigenvalue weighted by Gasteiger charge is -2.14. The van der Waals surface area contributed by atoms with Crippen molar-refractivity contribution in [2.75, 3.05) is 18.9 Å². The van der Waals surface area contributed by atoms with Crippen LogP contribution in [0.15, 0.2) is 18.2 Å². The van der Waals surface area contributed by atoms with Gasteiger partial charge in [-0.2, -0.15) is 0 Å². The van der Waals surface area contributed by atoms with E-state index in [2.05, 4.69) is 5.32 Å². The van der Waals surface area contributed by atoms with Crippen LogP contribution in [0.25, 0.3) is 0 Å². The standard InChI is InChI=1S/C12H17N3O4/c1-3-19-7-8(2)14-12(16)10-6-9(15(17)18)4-5-11(10)13/h4-6,8H,3,7,13H2,1-2H3,(H,14,16). The molecule has 0 aliphatic heterocycles. The molecule has 104 valence electrons. The number of anilines is 1. The number of carbonyl (C=O) groups is 1. The number of nitrogens with one attached hydrogen (secondary N) is 1. The highest BCUT2D eigenvalue weighted by molar-refractivity contribution is 5.99. The molecule has 1 rings (SSSR count). The first-order valence-electron chi connectivity index (χ1n) is 5.88. The maximum atomic E-state index is 11.9. The summed E-state index contributed by atoms with van der Waals surface area (Å²) in [6.07, 6.45) is 0. The zero-order valence-electron chi connectivity index (χ0n) is 10.9. The second-order valence-electron chi connectivity index (χ2n) is 4.06. The Morgan fingerprint density at radius 1 is 1.58 bits per heavy atom. The van der Waals surface area contributed by atoms with E-state index in [0.717, 1.165) is 6.07 Å². The van der Waals surface area contributed by atoms with Gasteiger partial charge in [0.1, 0.15) is 0 Å². The number of nitrogens with two attached hydrogens (primary N) is 1. The zero-order chi connectivity index (χ0) is 14.4. The molecule has 1 aromatic carbocycles. The molecule has 0 saturated carbocycles. The third-order valence-electron chi connectivity index (χ3n) is 2.44. The Morgan fingerprint density at radius 3 is 2.84 bits per heavy atom. The summed E-state index contributed by atoms with van der Waals surface area (Å²) in [5.41, 5.74) is 5.78. The van der Waals surface area contributed by atoms with E-state index in [1.165, 1.54) is 12.1 Å². The fraction of sp³-hybridized carbons (Fsp3) is 0.417. The van der Waals surface area contributed by atoms with Crippen LogP contribution in [-0.2, 0) is 4.74 Å². The molecule has 0 aromatic heterocycles. The summed E-state index contributed by atoms with van der Waals surface area (Å²) in [6.45, 7) is 4.56. The van der Waals surface area contributed by atoms with Crippen LogP contribution in [0.1, 0.15) is 24.2 Å². The molecule has 1 aromatic rings. The lowest BCUT2D eigenvalue weighted by atomic mass is 10.1. The molecule has 3 N–H and O–H groups in total. The highest BCUT2D eigenvalue weighted by Crippen LogP contribution is 2.19. The number of ether oxygens (including phenoxy) is 1. The first kappa shape index (κ1) is 14.9. The molecule has 0 spiro atoms. The normalized spacial score (nSPS) is 11.9. The average molecular weight is 267 g/mol. The van der Waals surface area contributed by atoms with Gasteiger partial charge in [-0.15, -0.1) is 0 Å². The van der Waals surface area contributed by atoms with Crippen molar-refractivity contribution in [1.82, 2.24) is 5.32 Å². The number of hydrogen-bond acceptors (Lipinski definition) is 5. The van der Waals surface area contributed by atoms with E-state index in [1.807, 2.05) is 6.92 Å². The van der Waals surface area contributed by atoms with Crippen LogP contribution >= 0.6 is 0 Å². The van der Waals surface area contributed by atoms with Gasteiger partial charge in [0.05, 0.1) is 17.1 Å². The van der Waals surface area contributed by atoms with E-state index in [-0.39, 0.29) is 23.0 Å². The second-order valence-corrected chi connectivity index (χ2v) is 4.06. The molecule has 1 unspecified atom stereocenters. The molecule has 0 saturated heterocycles. The maximum Gasteiger partial charge on any atom is 0.270 e. The number of amides is 1. The van der Waals surface area contributed by atoms with Gasteiger partial charge in [-0.05, 0) is 19.9 Å². The molecule has 0 heterocycles. The van der Waals surface area contributed by atoms with Gasteiger partial charge < -0.3 is 15.8 Å². The van der Waals surface area contributed by atoms with Crippen LogP contribution in [0.4, 0.5) is 11.4 Å². The lowest BCUT2D eigenvalue weighted by molar-refractivity contribution is -0.384. The third-order valence-corrected chi connectivity index (χ3v) is 2.44. The molecule has 0 fully saturated rings. The van der Waals surface area contributed by atoms with Crippen LogP contribution in [0.5, 0.6) is 0 Å². The van der Waals surface area contributed by atoms with Crippen LogP contribution in [0.2, 0.25) is 0 Å². The predicted octanol–water partition coefficient (Wildman–Crippen LogP) is 1.33. The highest BCUT2D eigenvalue weighted by Gasteiger charge is 2.16. The second kappa shape index (κ2) is 6.69. The van der Waals surface area contributed by atoms with Crippen LogP contribution in [-0.4, -0.2) is 30.1 Å². The number of non-ortho nitro benzene ring substituents is 1. The fourth-order valence-corrected chi connectivity index (χ4v) is 1.49. The Labute approximate surface area is 110 Å². The molecule has 1 atom stereocenters. The Bertz CT molecular complexity index is 476. The Morgan fingerprint density at radius 2 is 2.26 bits per heavy atom. The maximum absolute atomic E-state index is 11.9. The van der Waals surface area contributed by atoms with Gasteiger partial charge in [-0.3, -0.25) is 14.9 Å². The van der Waals surface area contributed by atoms with E-state index in [9.17, 15) is 14.9 Å². The number of nitro groups is 1. The van der Waals surface area contributed by atoms with Crippen molar-refractivity contribution in [2.45, 2.75) is 19.9 Å². The molecule has 0 aliphatic rings. The Balaban J connectivity index is 2.81. The number of nitrogens with zero attached hydrogens (tertiary/aromatic N) is 1. The number of nitrogen functional groups attached to an aromatic ring is 1. The van der Waals surface area contributed by atoms with Gasteiger partial charge in [-0.1, -0.05) is 0 Å². The third kappa shape index (κ3) is 4.22. The minimum absolute atomic E-state index is 0.0950. The smallest absolute Gasteiger partial charge is 0.270 e. The Hall–Kier alpha value is -2.15. The lowest BCUT2D eigenvalue weighted by Crippen LogP contribution is -2.36. The summed E-state index contributed by atoms with van der Waals surface area (Å²) in [6, 6.07) is 3.57. The minimum atomic E-state index is -0.570.